The summed E-state index contributed by atoms with van der Waals surface area (Å²) in [6, 6.07) is 4.17. The summed E-state index contributed by atoms with van der Waals surface area (Å²) in [4.78, 5) is 25.0. The fraction of sp³-hybridized carbons (Fsp3) is 0.788. The number of nitrogens with one attached hydrogen (secondary N) is 1. The molecule has 2 unspecified atom stereocenters. The third-order valence-corrected chi connectivity index (χ3v) is 8.46. The van der Waals surface area contributed by atoms with Crippen molar-refractivity contribution in [3.8, 4) is 0 Å². The maximum absolute atomic E-state index is 13.0. The molecule has 0 heterocycles. The minimum atomic E-state index is -4.66. The molecule has 12 heteroatoms. The van der Waals surface area contributed by atoms with Gasteiger partial charge in [-0.3, -0.25) is 9.36 Å². The third-order valence-electron chi connectivity index (χ3n) is 7.41. The van der Waals surface area contributed by atoms with Crippen LogP contribution in [-0.2, 0) is 24.5 Å². The highest BCUT2D eigenvalue weighted by Crippen LogP contribution is 2.39. The Balaban J connectivity index is 2.41. The van der Waals surface area contributed by atoms with Crippen molar-refractivity contribution in [2.75, 3.05) is 60.6 Å². The molecule has 1 rings (SSSR count). The van der Waals surface area contributed by atoms with Gasteiger partial charge in [0.05, 0.1) is 39.9 Å². The second kappa shape index (κ2) is 23.1. The van der Waals surface area contributed by atoms with Gasteiger partial charge < -0.3 is 28.5 Å². The summed E-state index contributed by atoms with van der Waals surface area (Å²) in [5, 5.41) is 2.80. The zero-order chi connectivity index (χ0) is 33.6. The summed E-state index contributed by atoms with van der Waals surface area (Å²) in [6.07, 6.45) is 11.8. The molecule has 0 amide bonds. The molecule has 0 bridgehead atoms. The van der Waals surface area contributed by atoms with Crippen LogP contribution in [0.5, 0.6) is 0 Å². The molecule has 0 aliphatic carbocycles. The fourth-order valence-corrected chi connectivity index (χ4v) is 5.56. The fourth-order valence-electron chi connectivity index (χ4n) is 4.70. The highest BCUT2D eigenvalue weighted by Gasteiger charge is 2.31. The molecule has 0 aromatic heterocycles. The average Bonchev–Trinajstić information content (AvgIpc) is 2.95. The first-order valence-corrected chi connectivity index (χ1v) is 18.1. The largest absolute Gasteiger partial charge is 0.756 e. The van der Waals surface area contributed by atoms with Crippen LogP contribution in [0.4, 0.5) is 13.2 Å². The first kappa shape index (κ1) is 41.7. The molecule has 1 aromatic rings. The molecule has 2 atom stereocenters. The summed E-state index contributed by atoms with van der Waals surface area (Å²) < 4.78 is 68.0. The van der Waals surface area contributed by atoms with Gasteiger partial charge in [0.15, 0.2) is 5.78 Å². The first-order valence-electron chi connectivity index (χ1n) is 16.7. The van der Waals surface area contributed by atoms with Crippen molar-refractivity contribution in [3.05, 3.63) is 35.4 Å². The molecule has 1 N–H and O–H groups in total. The number of likely N-dealkylation sites (N-methyl/N-ethyl adjacent to an activating group) is 1. The van der Waals surface area contributed by atoms with Crippen molar-refractivity contribution in [1.29, 1.82) is 0 Å². The molecular weight excluding hydrogens is 608 g/mol. The molecule has 262 valence electrons. The van der Waals surface area contributed by atoms with Gasteiger partial charge in [0.25, 0.3) is 7.82 Å². The van der Waals surface area contributed by atoms with E-state index in [-0.39, 0.29) is 31.9 Å². The Labute approximate surface area is 269 Å². The number of unbranched alkanes of at least 4 members (excludes halogenated alkanes) is 13. The third kappa shape index (κ3) is 22.8. The zero-order valence-corrected chi connectivity index (χ0v) is 28.9. The molecule has 1 aromatic carbocycles. The molecule has 0 radical (unpaired) electrons. The first-order chi connectivity index (χ1) is 21.2. The SMILES string of the molecule is CCCCCCCCCCCCCCCCOCC(CNCC(=O)c1cccc(C(F)(F)F)c1)OP(=O)([O-])OCC[N+](C)(C)C. The molecule has 0 saturated heterocycles. The molecule has 0 aliphatic heterocycles. The number of benzene rings is 1. The van der Waals surface area contributed by atoms with Gasteiger partial charge in [-0.05, 0) is 18.6 Å². The minimum Gasteiger partial charge on any atom is -0.756 e. The maximum atomic E-state index is 13.0. The lowest BCUT2D eigenvalue weighted by Crippen LogP contribution is -2.38. The minimum absolute atomic E-state index is 0.0475. The number of quaternary nitrogens is 1. The number of hydrogen-bond donors (Lipinski definition) is 1. The lowest BCUT2D eigenvalue weighted by Gasteiger charge is -2.30. The van der Waals surface area contributed by atoms with Crippen molar-refractivity contribution in [2.45, 2.75) is 109 Å². The van der Waals surface area contributed by atoms with Crippen LogP contribution in [0.15, 0.2) is 24.3 Å². The van der Waals surface area contributed by atoms with Crippen molar-refractivity contribution < 1.29 is 45.7 Å². The van der Waals surface area contributed by atoms with Crippen molar-refractivity contribution in [3.63, 3.8) is 0 Å². The number of Topliss-reactive ketones (excluding diaryl/α,β-unsaturated/α-hetero) is 1. The summed E-state index contributed by atoms with van der Waals surface area (Å²) in [7, 11) is 1.04. The van der Waals surface area contributed by atoms with Crippen LogP contribution in [0.25, 0.3) is 0 Å². The Hall–Kier alpha value is -1.33. The van der Waals surface area contributed by atoms with E-state index in [0.717, 1.165) is 31.4 Å². The van der Waals surface area contributed by atoms with Gasteiger partial charge in [-0.15, -0.1) is 0 Å². The molecule has 0 saturated carbocycles. The van der Waals surface area contributed by atoms with E-state index in [2.05, 4.69) is 12.2 Å². The second-order valence-corrected chi connectivity index (χ2v) is 14.2. The Morgan fingerprint density at radius 2 is 1.47 bits per heavy atom. The molecule has 8 nitrogen and oxygen atoms in total. The van der Waals surface area contributed by atoms with Crippen molar-refractivity contribution in [1.82, 2.24) is 5.32 Å². The number of carbonyl (C=O) groups is 1. The van der Waals surface area contributed by atoms with Gasteiger partial charge in [-0.1, -0.05) is 103 Å². The second-order valence-electron chi connectivity index (χ2n) is 12.8. The lowest BCUT2D eigenvalue weighted by atomic mass is 10.0. The Kier molecular flexibility index (Phi) is 21.4. The summed E-state index contributed by atoms with van der Waals surface area (Å²) in [5.74, 6) is -0.562. The van der Waals surface area contributed by atoms with E-state index in [1.54, 1.807) is 0 Å². The number of halogens is 3. The molecular formula is C33H58F3N2O6P. The smallest absolute Gasteiger partial charge is 0.416 e. The standard InChI is InChI=1S/C33H58F3N2O6P/c1-5-6-7-8-9-10-11-12-13-14-15-16-17-18-23-42-28-31(44-45(40,41)43-24-22-38(2,3)4)26-37-27-32(39)29-20-19-21-30(25-29)33(34,35)36/h19-21,25,31,37H,5-18,22-24,26-28H2,1-4H3. The average molecular weight is 667 g/mol. The van der Waals surface area contributed by atoms with E-state index in [4.69, 9.17) is 13.8 Å². The van der Waals surface area contributed by atoms with Gasteiger partial charge in [0.2, 0.25) is 0 Å². The molecule has 0 fully saturated rings. The number of nitrogens with zero attached hydrogens (tertiary/aromatic N) is 1. The van der Waals surface area contributed by atoms with Crippen LogP contribution in [0, 0.1) is 0 Å². The quantitative estimate of drug-likeness (QED) is 0.0427. The van der Waals surface area contributed by atoms with Crippen molar-refractivity contribution in [2.24, 2.45) is 0 Å². The lowest BCUT2D eigenvalue weighted by molar-refractivity contribution is -0.870. The number of phosphoric acid groups is 1. The van der Waals surface area contributed by atoms with E-state index in [9.17, 15) is 27.4 Å². The number of ether oxygens (including phenoxy) is 1. The van der Waals surface area contributed by atoms with Gasteiger partial charge in [-0.2, -0.15) is 13.2 Å². The molecule has 0 spiro atoms. The Morgan fingerprint density at radius 3 is 2.00 bits per heavy atom. The Bertz CT molecular complexity index is 974. The van der Waals surface area contributed by atoms with Crippen LogP contribution in [0.1, 0.15) is 113 Å². The number of phosphoric ester groups is 1. The number of rotatable bonds is 28. The van der Waals surface area contributed by atoms with E-state index in [1.807, 2.05) is 21.1 Å². The summed E-state index contributed by atoms with van der Waals surface area (Å²) >= 11 is 0. The van der Waals surface area contributed by atoms with Crippen LogP contribution in [0.3, 0.4) is 0 Å². The van der Waals surface area contributed by atoms with Crippen LogP contribution >= 0.6 is 7.82 Å². The van der Waals surface area contributed by atoms with Gasteiger partial charge in [-0.25, -0.2) is 0 Å². The number of alkyl halides is 3. The number of hydrogen-bond acceptors (Lipinski definition) is 7. The molecule has 45 heavy (non-hydrogen) atoms. The van der Waals surface area contributed by atoms with E-state index in [0.29, 0.717) is 17.6 Å². The zero-order valence-electron chi connectivity index (χ0n) is 28.0. The highest BCUT2D eigenvalue weighted by molar-refractivity contribution is 7.45. The van der Waals surface area contributed by atoms with Crippen LogP contribution in [-0.4, -0.2) is 77.0 Å². The van der Waals surface area contributed by atoms with E-state index < -0.39 is 31.4 Å². The summed E-state index contributed by atoms with van der Waals surface area (Å²) in [6.45, 7) is 2.64. The van der Waals surface area contributed by atoms with Gasteiger partial charge in [0.1, 0.15) is 19.3 Å². The van der Waals surface area contributed by atoms with Crippen LogP contribution < -0.4 is 10.2 Å². The predicted octanol–water partition coefficient (Wildman–Crippen LogP) is 7.55. The van der Waals surface area contributed by atoms with Gasteiger partial charge in [0, 0.05) is 18.7 Å². The predicted molar refractivity (Wildman–Crippen MR) is 171 cm³/mol. The van der Waals surface area contributed by atoms with Gasteiger partial charge >= 0.3 is 6.18 Å². The normalized spacial score (nSPS) is 14.4. The molecule has 0 aliphatic rings. The topological polar surface area (TPSA) is 96.9 Å². The van der Waals surface area contributed by atoms with Crippen LogP contribution in [0.2, 0.25) is 0 Å². The highest BCUT2D eigenvalue weighted by atomic mass is 31.2. The number of carbonyl (C=O) groups excluding carboxylic acids is 1. The Morgan fingerprint density at radius 1 is 0.911 bits per heavy atom. The summed E-state index contributed by atoms with van der Waals surface area (Å²) in [5.41, 5.74) is -1.01. The van der Waals surface area contributed by atoms with E-state index >= 15 is 0 Å². The number of ketones is 1. The maximum Gasteiger partial charge on any atom is 0.416 e. The van der Waals surface area contributed by atoms with Crippen molar-refractivity contribution >= 4 is 13.6 Å². The van der Waals surface area contributed by atoms with E-state index in [1.165, 1.54) is 82.8 Å². The monoisotopic (exact) mass is 666 g/mol.